The minimum absolute atomic E-state index is 0.102. The normalized spacial score (nSPS) is 10.0. The molecule has 0 aliphatic rings. The first-order valence-electron chi connectivity index (χ1n) is 6.82. The smallest absolute Gasteiger partial charge is 0.337 e. The van der Waals surface area contributed by atoms with Crippen LogP contribution in [0.1, 0.15) is 20.7 Å². The molecule has 1 amide bonds. The molecule has 2 rings (SSSR count). The quantitative estimate of drug-likeness (QED) is 0.790. The summed E-state index contributed by atoms with van der Waals surface area (Å²) in [6, 6.07) is 8.34. The largest absolute Gasteiger partial charge is 0.478 e. The third kappa shape index (κ3) is 4.07. The van der Waals surface area contributed by atoms with E-state index in [0.717, 1.165) is 16.8 Å². The average Bonchev–Trinajstić information content (AvgIpc) is 2.56. The second kappa shape index (κ2) is 7.23. The van der Waals surface area contributed by atoms with Crippen LogP contribution in [-0.4, -0.2) is 34.6 Å². The molecular formula is C16H14N2O6. The Kier molecular flexibility index (Phi) is 5.10. The van der Waals surface area contributed by atoms with Crippen molar-refractivity contribution in [2.75, 3.05) is 12.4 Å². The molecule has 2 N–H and O–H groups in total. The van der Waals surface area contributed by atoms with Crippen LogP contribution >= 0.6 is 0 Å². The molecule has 1 aromatic carbocycles. The van der Waals surface area contributed by atoms with Gasteiger partial charge in [0, 0.05) is 18.0 Å². The van der Waals surface area contributed by atoms with E-state index in [-0.39, 0.29) is 17.7 Å². The summed E-state index contributed by atoms with van der Waals surface area (Å²) in [5.41, 5.74) is 0.0132. The second-order valence-electron chi connectivity index (χ2n) is 4.81. The van der Waals surface area contributed by atoms with Gasteiger partial charge in [-0.2, -0.15) is 0 Å². The lowest BCUT2D eigenvalue weighted by Gasteiger charge is -2.09. The number of aromatic carboxylic acids is 1. The fraction of sp³-hybridized carbons (Fsp3) is 0.125. The number of nitrogens with zero attached hydrogens (tertiary/aromatic N) is 1. The molecule has 0 unspecified atom stereocenters. The van der Waals surface area contributed by atoms with E-state index in [4.69, 9.17) is 5.11 Å². The van der Waals surface area contributed by atoms with Crippen molar-refractivity contribution in [3.05, 3.63) is 64.1 Å². The number of methoxy groups -OCH3 is 1. The Morgan fingerprint density at radius 1 is 1.17 bits per heavy atom. The van der Waals surface area contributed by atoms with E-state index < -0.39 is 23.4 Å². The van der Waals surface area contributed by atoms with Crippen molar-refractivity contribution in [1.82, 2.24) is 4.57 Å². The average molecular weight is 330 g/mol. The van der Waals surface area contributed by atoms with Crippen molar-refractivity contribution in [2.24, 2.45) is 0 Å². The number of carbonyl (C=O) groups is 3. The van der Waals surface area contributed by atoms with E-state index in [1.54, 1.807) is 12.1 Å². The number of rotatable bonds is 5. The van der Waals surface area contributed by atoms with Crippen molar-refractivity contribution in [3.8, 4) is 0 Å². The number of anilines is 1. The maximum absolute atomic E-state index is 12.0. The molecule has 0 spiro atoms. The van der Waals surface area contributed by atoms with Gasteiger partial charge in [-0.1, -0.05) is 6.07 Å². The Labute approximate surface area is 136 Å². The number of ether oxygens (including phenoxy) is 1. The zero-order valence-corrected chi connectivity index (χ0v) is 12.7. The fourth-order valence-electron chi connectivity index (χ4n) is 1.98. The van der Waals surface area contributed by atoms with Gasteiger partial charge in [-0.15, -0.1) is 0 Å². The first-order chi connectivity index (χ1) is 11.4. The number of pyridine rings is 1. The molecular weight excluding hydrogens is 316 g/mol. The lowest BCUT2D eigenvalue weighted by atomic mass is 10.2. The number of benzene rings is 1. The van der Waals surface area contributed by atoms with E-state index >= 15 is 0 Å². The van der Waals surface area contributed by atoms with Crippen LogP contribution in [0.25, 0.3) is 0 Å². The molecule has 0 saturated heterocycles. The highest BCUT2D eigenvalue weighted by atomic mass is 16.5. The molecule has 0 saturated carbocycles. The molecule has 1 heterocycles. The fourth-order valence-corrected chi connectivity index (χ4v) is 1.98. The van der Waals surface area contributed by atoms with Gasteiger partial charge in [-0.25, -0.2) is 9.59 Å². The molecule has 0 aliphatic heterocycles. The summed E-state index contributed by atoms with van der Waals surface area (Å²) >= 11 is 0. The highest BCUT2D eigenvalue weighted by molar-refractivity contribution is 5.94. The number of hydrogen-bond donors (Lipinski definition) is 2. The zero-order chi connectivity index (χ0) is 17.7. The van der Waals surface area contributed by atoms with Crippen molar-refractivity contribution in [3.63, 3.8) is 0 Å². The molecule has 0 aliphatic carbocycles. The topological polar surface area (TPSA) is 115 Å². The molecule has 124 valence electrons. The van der Waals surface area contributed by atoms with Gasteiger partial charge < -0.3 is 19.7 Å². The predicted molar refractivity (Wildman–Crippen MR) is 84.1 cm³/mol. The van der Waals surface area contributed by atoms with E-state index in [1.165, 1.54) is 25.3 Å². The minimum atomic E-state index is -1.20. The number of esters is 1. The van der Waals surface area contributed by atoms with E-state index in [1.807, 2.05) is 0 Å². The van der Waals surface area contributed by atoms with Gasteiger partial charge in [0.05, 0.1) is 18.2 Å². The van der Waals surface area contributed by atoms with Gasteiger partial charge in [0.25, 0.3) is 5.56 Å². The first kappa shape index (κ1) is 16.9. The van der Waals surface area contributed by atoms with Crippen LogP contribution < -0.4 is 10.9 Å². The molecule has 0 fully saturated rings. The number of carboxylic acid groups (broad SMARTS) is 1. The summed E-state index contributed by atoms with van der Waals surface area (Å²) in [4.78, 5) is 46.1. The van der Waals surface area contributed by atoms with Crippen LogP contribution in [-0.2, 0) is 16.1 Å². The molecule has 0 radical (unpaired) electrons. The molecule has 0 atom stereocenters. The van der Waals surface area contributed by atoms with E-state index in [0.29, 0.717) is 5.69 Å². The Morgan fingerprint density at radius 3 is 2.58 bits per heavy atom. The third-order valence-electron chi connectivity index (χ3n) is 3.11. The first-order valence-corrected chi connectivity index (χ1v) is 6.82. The van der Waals surface area contributed by atoms with Crippen LogP contribution in [0, 0.1) is 0 Å². The standard InChI is InChI=1S/C16H14N2O6/c1-24-16(23)10-3-2-4-12(7-10)17-13(19)9-18-8-11(15(21)22)5-6-14(18)20/h2-8H,9H2,1H3,(H,17,19)(H,21,22). The second-order valence-corrected chi connectivity index (χ2v) is 4.81. The monoisotopic (exact) mass is 330 g/mol. The van der Waals surface area contributed by atoms with Crippen LogP contribution in [0.3, 0.4) is 0 Å². The maximum Gasteiger partial charge on any atom is 0.337 e. The van der Waals surface area contributed by atoms with Crippen LogP contribution in [0.2, 0.25) is 0 Å². The lowest BCUT2D eigenvalue weighted by Crippen LogP contribution is -2.27. The van der Waals surface area contributed by atoms with Crippen molar-refractivity contribution in [1.29, 1.82) is 0 Å². The summed E-state index contributed by atoms with van der Waals surface area (Å²) in [6.45, 7) is -0.359. The van der Waals surface area contributed by atoms with Crippen LogP contribution in [0.5, 0.6) is 0 Å². The van der Waals surface area contributed by atoms with Crippen LogP contribution in [0.4, 0.5) is 5.69 Å². The summed E-state index contributed by atoms with van der Waals surface area (Å²) in [7, 11) is 1.25. The lowest BCUT2D eigenvalue weighted by molar-refractivity contribution is -0.116. The van der Waals surface area contributed by atoms with Gasteiger partial charge >= 0.3 is 11.9 Å². The predicted octanol–water partition coefficient (Wildman–Crippen LogP) is 0.972. The van der Waals surface area contributed by atoms with E-state index in [9.17, 15) is 19.2 Å². The van der Waals surface area contributed by atoms with Gasteiger partial charge in [-0.3, -0.25) is 9.59 Å². The molecule has 2 aromatic rings. The minimum Gasteiger partial charge on any atom is -0.478 e. The number of aromatic nitrogens is 1. The summed E-state index contributed by atoms with van der Waals surface area (Å²) < 4.78 is 5.58. The molecule has 8 heteroatoms. The Bertz CT molecular complexity index is 856. The highest BCUT2D eigenvalue weighted by Crippen LogP contribution is 2.11. The summed E-state index contributed by atoms with van der Waals surface area (Å²) in [5.74, 6) is -2.28. The van der Waals surface area contributed by atoms with Crippen molar-refractivity contribution < 1.29 is 24.2 Å². The zero-order valence-electron chi connectivity index (χ0n) is 12.7. The maximum atomic E-state index is 12.0. The highest BCUT2D eigenvalue weighted by Gasteiger charge is 2.10. The number of carboxylic acids is 1. The number of carbonyl (C=O) groups excluding carboxylic acids is 2. The number of amides is 1. The summed E-state index contributed by atoms with van der Waals surface area (Å²) in [6.07, 6.45) is 1.09. The number of hydrogen-bond acceptors (Lipinski definition) is 5. The Hall–Kier alpha value is -3.42. The molecule has 1 aromatic heterocycles. The van der Waals surface area contributed by atoms with Gasteiger partial charge in [-0.05, 0) is 24.3 Å². The number of nitrogens with one attached hydrogen (secondary N) is 1. The van der Waals surface area contributed by atoms with Crippen molar-refractivity contribution in [2.45, 2.75) is 6.54 Å². The van der Waals surface area contributed by atoms with E-state index in [2.05, 4.69) is 10.1 Å². The molecule has 24 heavy (non-hydrogen) atoms. The molecule has 0 bridgehead atoms. The Balaban J connectivity index is 2.14. The van der Waals surface area contributed by atoms with Gasteiger partial charge in [0.2, 0.25) is 5.91 Å². The van der Waals surface area contributed by atoms with Gasteiger partial charge in [0.15, 0.2) is 0 Å². The third-order valence-corrected chi connectivity index (χ3v) is 3.11. The van der Waals surface area contributed by atoms with Crippen LogP contribution in [0.15, 0.2) is 47.4 Å². The SMILES string of the molecule is COC(=O)c1cccc(NC(=O)Cn2cc(C(=O)O)ccc2=O)c1. The van der Waals surface area contributed by atoms with Gasteiger partial charge in [0.1, 0.15) is 6.54 Å². The molecule has 8 nitrogen and oxygen atoms in total. The van der Waals surface area contributed by atoms with Crippen molar-refractivity contribution >= 4 is 23.5 Å². The Morgan fingerprint density at radius 2 is 1.92 bits per heavy atom. The summed E-state index contributed by atoms with van der Waals surface area (Å²) in [5, 5.41) is 11.4.